The van der Waals surface area contributed by atoms with E-state index in [-0.39, 0.29) is 5.92 Å². The number of piperidine rings is 1. The maximum atomic E-state index is 13.5. The zero-order valence-electron chi connectivity index (χ0n) is 16.8. The summed E-state index contributed by atoms with van der Waals surface area (Å²) in [5.41, 5.74) is 1.89. The van der Waals surface area contributed by atoms with E-state index in [1.165, 1.54) is 12.1 Å². The Morgan fingerprint density at radius 1 is 1.07 bits per heavy atom. The molecular weight excluding hydrogens is 388 g/mol. The molecule has 2 heterocycles. The van der Waals surface area contributed by atoms with E-state index in [9.17, 15) is 8.78 Å². The Kier molecular flexibility index (Phi) is 6.81. The van der Waals surface area contributed by atoms with Crippen LogP contribution in [0, 0.1) is 11.6 Å². The van der Waals surface area contributed by atoms with Crippen LogP contribution in [0.25, 0.3) is 0 Å². The molecule has 1 aliphatic heterocycles. The average molecular weight is 413 g/mol. The smallest absolute Gasteiger partial charge is 0.231 e. The van der Waals surface area contributed by atoms with E-state index < -0.39 is 11.6 Å². The van der Waals surface area contributed by atoms with E-state index in [0.717, 1.165) is 37.1 Å². The fourth-order valence-electron chi connectivity index (χ4n) is 3.76. The zero-order chi connectivity index (χ0) is 20.8. The van der Waals surface area contributed by atoms with Gasteiger partial charge in [-0.05, 0) is 42.6 Å². The number of ether oxygens (including phenoxy) is 1. The molecule has 0 radical (unpaired) electrons. The van der Waals surface area contributed by atoms with Crippen molar-refractivity contribution in [2.24, 2.45) is 0 Å². The molecule has 4 rings (SSSR count). The van der Waals surface area contributed by atoms with Gasteiger partial charge in [0.25, 0.3) is 0 Å². The van der Waals surface area contributed by atoms with E-state index in [4.69, 9.17) is 9.26 Å². The standard InChI is InChI=1S/C23H25F2N3O2/c24-20-9-8-18(13-21(20)25)14-28-11-4-7-19(15-28)23-26-22(27-30-23)10-12-29-16-17-5-2-1-3-6-17/h1-3,5-6,8-9,13,19H,4,7,10-12,14-16H2. The summed E-state index contributed by atoms with van der Waals surface area (Å²) in [7, 11) is 0. The average Bonchev–Trinajstić information content (AvgIpc) is 3.24. The number of nitrogens with zero attached hydrogens (tertiary/aromatic N) is 3. The SMILES string of the molecule is Fc1ccc(CN2CCCC(c3nc(CCOCc4ccccc4)no3)C2)cc1F. The lowest BCUT2D eigenvalue weighted by molar-refractivity contribution is 0.122. The van der Waals surface area contributed by atoms with Crippen LogP contribution in [0.2, 0.25) is 0 Å². The van der Waals surface area contributed by atoms with Crippen molar-refractivity contribution >= 4 is 0 Å². The highest BCUT2D eigenvalue weighted by Gasteiger charge is 2.26. The van der Waals surface area contributed by atoms with Gasteiger partial charge in [0.2, 0.25) is 5.89 Å². The second-order valence-electron chi connectivity index (χ2n) is 7.66. The molecule has 1 fully saturated rings. The van der Waals surface area contributed by atoms with E-state index in [1.807, 2.05) is 30.3 Å². The molecular formula is C23H25F2N3O2. The zero-order valence-corrected chi connectivity index (χ0v) is 16.8. The number of likely N-dealkylation sites (tertiary alicyclic amines) is 1. The number of aromatic nitrogens is 2. The third-order valence-electron chi connectivity index (χ3n) is 5.31. The molecule has 0 N–H and O–H groups in total. The molecule has 1 unspecified atom stereocenters. The lowest BCUT2D eigenvalue weighted by atomic mass is 9.97. The molecule has 0 bridgehead atoms. The highest BCUT2D eigenvalue weighted by Crippen LogP contribution is 2.27. The van der Waals surface area contributed by atoms with Gasteiger partial charge in [0, 0.05) is 19.5 Å². The first-order chi connectivity index (χ1) is 14.7. The predicted molar refractivity (Wildman–Crippen MR) is 108 cm³/mol. The van der Waals surface area contributed by atoms with E-state index in [0.29, 0.717) is 37.9 Å². The van der Waals surface area contributed by atoms with Crippen molar-refractivity contribution in [3.63, 3.8) is 0 Å². The Labute approximate surface area is 174 Å². The van der Waals surface area contributed by atoms with Crippen molar-refractivity contribution in [2.75, 3.05) is 19.7 Å². The normalized spacial score (nSPS) is 17.3. The van der Waals surface area contributed by atoms with Crippen molar-refractivity contribution in [1.82, 2.24) is 15.0 Å². The summed E-state index contributed by atoms with van der Waals surface area (Å²) in [4.78, 5) is 6.77. The first-order valence-electron chi connectivity index (χ1n) is 10.3. The Bertz CT molecular complexity index is 949. The van der Waals surface area contributed by atoms with Gasteiger partial charge in [-0.1, -0.05) is 41.6 Å². The Morgan fingerprint density at radius 3 is 2.77 bits per heavy atom. The van der Waals surface area contributed by atoms with E-state index >= 15 is 0 Å². The van der Waals surface area contributed by atoms with Gasteiger partial charge < -0.3 is 9.26 Å². The summed E-state index contributed by atoms with van der Waals surface area (Å²) in [5.74, 6) is -0.187. The molecule has 1 aliphatic rings. The van der Waals surface area contributed by atoms with Crippen LogP contribution in [0.15, 0.2) is 53.1 Å². The number of halogens is 2. The molecule has 1 saturated heterocycles. The molecule has 0 amide bonds. The third-order valence-corrected chi connectivity index (χ3v) is 5.31. The fourth-order valence-corrected chi connectivity index (χ4v) is 3.76. The molecule has 5 nitrogen and oxygen atoms in total. The largest absolute Gasteiger partial charge is 0.376 e. The minimum absolute atomic E-state index is 0.149. The van der Waals surface area contributed by atoms with Gasteiger partial charge >= 0.3 is 0 Å². The molecule has 2 aromatic carbocycles. The minimum atomic E-state index is -0.818. The second kappa shape index (κ2) is 9.91. The van der Waals surface area contributed by atoms with Gasteiger partial charge in [0.05, 0.1) is 19.1 Å². The Balaban J connectivity index is 1.26. The lowest BCUT2D eigenvalue weighted by Gasteiger charge is -2.30. The summed E-state index contributed by atoms with van der Waals surface area (Å²) in [6.45, 7) is 3.32. The van der Waals surface area contributed by atoms with Crippen molar-refractivity contribution in [1.29, 1.82) is 0 Å². The van der Waals surface area contributed by atoms with Gasteiger partial charge in [-0.15, -0.1) is 0 Å². The van der Waals surface area contributed by atoms with Crippen LogP contribution >= 0.6 is 0 Å². The maximum Gasteiger partial charge on any atom is 0.231 e. The number of hydrogen-bond donors (Lipinski definition) is 0. The van der Waals surface area contributed by atoms with E-state index in [2.05, 4.69) is 15.0 Å². The number of hydrogen-bond acceptors (Lipinski definition) is 5. The van der Waals surface area contributed by atoms with Crippen molar-refractivity contribution < 1.29 is 18.0 Å². The minimum Gasteiger partial charge on any atom is -0.376 e. The maximum absolute atomic E-state index is 13.5. The summed E-state index contributed by atoms with van der Waals surface area (Å²) >= 11 is 0. The summed E-state index contributed by atoms with van der Waals surface area (Å²) in [5, 5.41) is 4.09. The van der Waals surface area contributed by atoms with Gasteiger partial charge in [-0.3, -0.25) is 4.90 Å². The number of rotatable bonds is 8. The van der Waals surface area contributed by atoms with Crippen LogP contribution in [-0.4, -0.2) is 34.7 Å². The van der Waals surface area contributed by atoms with Crippen molar-refractivity contribution in [3.05, 3.63) is 83.0 Å². The van der Waals surface area contributed by atoms with Crippen LogP contribution in [0.5, 0.6) is 0 Å². The second-order valence-corrected chi connectivity index (χ2v) is 7.66. The van der Waals surface area contributed by atoms with Gasteiger partial charge in [0.15, 0.2) is 17.5 Å². The van der Waals surface area contributed by atoms with Crippen LogP contribution in [0.4, 0.5) is 8.78 Å². The highest BCUT2D eigenvalue weighted by atomic mass is 19.2. The van der Waals surface area contributed by atoms with Crippen LogP contribution in [0.1, 0.15) is 41.6 Å². The Hall–Kier alpha value is -2.64. The van der Waals surface area contributed by atoms with Gasteiger partial charge in [-0.2, -0.15) is 4.98 Å². The van der Waals surface area contributed by atoms with Crippen molar-refractivity contribution in [2.45, 2.75) is 38.3 Å². The molecule has 0 aliphatic carbocycles. The Morgan fingerprint density at radius 2 is 1.93 bits per heavy atom. The molecule has 0 spiro atoms. The van der Waals surface area contributed by atoms with Crippen LogP contribution in [0.3, 0.4) is 0 Å². The molecule has 1 atom stereocenters. The molecule has 30 heavy (non-hydrogen) atoms. The first-order valence-corrected chi connectivity index (χ1v) is 10.3. The summed E-state index contributed by atoms with van der Waals surface area (Å²) in [6.07, 6.45) is 2.56. The van der Waals surface area contributed by atoms with E-state index in [1.54, 1.807) is 6.07 Å². The van der Waals surface area contributed by atoms with Crippen LogP contribution < -0.4 is 0 Å². The van der Waals surface area contributed by atoms with Crippen LogP contribution in [-0.2, 0) is 24.3 Å². The third kappa shape index (κ3) is 5.49. The van der Waals surface area contributed by atoms with Crippen molar-refractivity contribution in [3.8, 4) is 0 Å². The van der Waals surface area contributed by atoms with Gasteiger partial charge in [-0.25, -0.2) is 8.78 Å². The topological polar surface area (TPSA) is 51.4 Å². The fraction of sp³-hybridized carbons (Fsp3) is 0.391. The van der Waals surface area contributed by atoms with Gasteiger partial charge in [0.1, 0.15) is 0 Å². The molecule has 0 saturated carbocycles. The first kappa shape index (κ1) is 20.6. The molecule has 158 valence electrons. The number of benzene rings is 2. The molecule has 7 heteroatoms. The lowest BCUT2D eigenvalue weighted by Crippen LogP contribution is -2.34. The molecule has 3 aromatic rings. The highest BCUT2D eigenvalue weighted by molar-refractivity contribution is 5.18. The monoisotopic (exact) mass is 413 g/mol. The molecule has 1 aromatic heterocycles. The quantitative estimate of drug-likeness (QED) is 0.510. The summed E-state index contributed by atoms with van der Waals surface area (Å²) in [6, 6.07) is 14.1. The predicted octanol–water partition coefficient (Wildman–Crippen LogP) is 4.49. The summed E-state index contributed by atoms with van der Waals surface area (Å²) < 4.78 is 37.8.